The van der Waals surface area contributed by atoms with Crippen molar-refractivity contribution in [1.29, 1.82) is 0 Å². The number of aromatic nitrogens is 2. The van der Waals surface area contributed by atoms with Crippen molar-refractivity contribution in [3.8, 4) is 28.5 Å². The molecule has 2 heterocycles. The number of aryl methyl sites for hydroxylation is 1. The van der Waals surface area contributed by atoms with Gasteiger partial charge in [0.05, 0.1) is 7.11 Å². The van der Waals surface area contributed by atoms with Crippen LogP contribution in [0.4, 0.5) is 8.78 Å². The molecule has 148 valence electrons. The van der Waals surface area contributed by atoms with Gasteiger partial charge in [-0.2, -0.15) is 0 Å². The molecule has 4 aromatic rings. The maximum atomic E-state index is 14.2. The number of nitrogens with two attached hydrogens (primary N) is 1. The van der Waals surface area contributed by atoms with Crippen molar-refractivity contribution in [3.63, 3.8) is 0 Å². The summed E-state index contributed by atoms with van der Waals surface area (Å²) in [6, 6.07) is 10.5. The number of pyridine rings is 1. The van der Waals surface area contributed by atoms with E-state index < -0.39 is 11.6 Å². The van der Waals surface area contributed by atoms with Crippen LogP contribution in [-0.2, 0) is 13.6 Å². The molecule has 2 N–H and O–H groups in total. The zero-order chi connectivity index (χ0) is 20.5. The first-order valence-electron chi connectivity index (χ1n) is 8.96. The van der Waals surface area contributed by atoms with Gasteiger partial charge in [-0.05, 0) is 35.9 Å². The number of ether oxygens (including phenoxy) is 2. The molecule has 29 heavy (non-hydrogen) atoms. The summed E-state index contributed by atoms with van der Waals surface area (Å²) in [7, 11) is 3.46. The number of hydrogen-bond donors (Lipinski definition) is 1. The molecule has 2 aromatic heterocycles. The van der Waals surface area contributed by atoms with Gasteiger partial charge >= 0.3 is 0 Å². The quantitative estimate of drug-likeness (QED) is 0.528. The summed E-state index contributed by atoms with van der Waals surface area (Å²) in [5.74, 6) is -0.577. The summed E-state index contributed by atoms with van der Waals surface area (Å²) in [6.07, 6.45) is 3.59. The van der Waals surface area contributed by atoms with Crippen LogP contribution >= 0.6 is 0 Å². The van der Waals surface area contributed by atoms with E-state index in [0.717, 1.165) is 39.7 Å². The van der Waals surface area contributed by atoms with Crippen LogP contribution in [-0.4, -0.2) is 16.7 Å². The first kappa shape index (κ1) is 18.9. The van der Waals surface area contributed by atoms with Gasteiger partial charge in [0, 0.05) is 48.6 Å². The summed E-state index contributed by atoms with van der Waals surface area (Å²) in [5.41, 5.74) is 9.13. The average Bonchev–Trinajstić information content (AvgIpc) is 3.07. The number of methoxy groups -OCH3 is 1. The third kappa shape index (κ3) is 3.40. The van der Waals surface area contributed by atoms with E-state index in [2.05, 4.69) is 4.98 Å². The number of rotatable bonds is 5. The lowest BCUT2D eigenvalue weighted by Gasteiger charge is -2.13. The molecular formula is C22H19F2N3O2. The van der Waals surface area contributed by atoms with Gasteiger partial charge in [0.15, 0.2) is 11.6 Å². The zero-order valence-electron chi connectivity index (χ0n) is 15.9. The van der Waals surface area contributed by atoms with Gasteiger partial charge in [0.2, 0.25) is 5.88 Å². The van der Waals surface area contributed by atoms with Crippen LogP contribution in [0.1, 0.15) is 5.56 Å². The van der Waals surface area contributed by atoms with Gasteiger partial charge in [0.25, 0.3) is 0 Å². The summed E-state index contributed by atoms with van der Waals surface area (Å²) >= 11 is 0. The number of nitrogens with zero attached hydrogens (tertiary/aromatic N) is 2. The Morgan fingerprint density at radius 3 is 2.55 bits per heavy atom. The van der Waals surface area contributed by atoms with E-state index in [1.54, 1.807) is 19.4 Å². The fourth-order valence-corrected chi connectivity index (χ4v) is 3.36. The Morgan fingerprint density at radius 1 is 1.03 bits per heavy atom. The Hall–Kier alpha value is -3.45. The monoisotopic (exact) mass is 395 g/mol. The van der Waals surface area contributed by atoms with Gasteiger partial charge < -0.3 is 19.8 Å². The molecule has 0 unspecified atom stereocenters. The molecule has 0 amide bonds. The Bertz CT molecular complexity index is 1200. The SMILES string of the molecule is COc1nccc2c(-c3cc(CN)ccc3Oc3ccc(F)cc3F)cn(C)c12. The van der Waals surface area contributed by atoms with E-state index in [4.69, 9.17) is 15.2 Å². The summed E-state index contributed by atoms with van der Waals surface area (Å²) in [5, 5.41) is 0.901. The fourth-order valence-electron chi connectivity index (χ4n) is 3.36. The first-order chi connectivity index (χ1) is 14.0. The van der Waals surface area contributed by atoms with Crippen LogP contribution in [0.15, 0.2) is 54.9 Å². The molecule has 0 aliphatic heterocycles. The second kappa shape index (κ2) is 7.52. The van der Waals surface area contributed by atoms with Crippen molar-refractivity contribution in [3.05, 3.63) is 72.1 Å². The number of benzene rings is 2. The van der Waals surface area contributed by atoms with Gasteiger partial charge in [-0.1, -0.05) is 6.07 Å². The molecule has 0 spiro atoms. The number of fused-ring (bicyclic) bond motifs is 1. The average molecular weight is 395 g/mol. The molecule has 7 heteroatoms. The molecule has 0 atom stereocenters. The number of hydrogen-bond acceptors (Lipinski definition) is 4. The summed E-state index contributed by atoms with van der Waals surface area (Å²) < 4.78 is 40.5. The standard InChI is InChI=1S/C22H19F2N3O2/c1-27-12-17(15-7-8-26-22(28-2)21(15)27)16-9-13(11-25)3-5-19(16)29-20-6-4-14(23)10-18(20)24/h3-10,12H,11,25H2,1-2H3. The van der Waals surface area contributed by atoms with Crippen molar-refractivity contribution in [2.75, 3.05) is 7.11 Å². The molecular weight excluding hydrogens is 376 g/mol. The zero-order valence-corrected chi connectivity index (χ0v) is 15.9. The van der Waals surface area contributed by atoms with Gasteiger partial charge in [0.1, 0.15) is 17.1 Å². The van der Waals surface area contributed by atoms with Crippen molar-refractivity contribution < 1.29 is 18.3 Å². The number of halogens is 2. The predicted molar refractivity (Wildman–Crippen MR) is 107 cm³/mol. The van der Waals surface area contributed by atoms with Crippen molar-refractivity contribution >= 4 is 10.9 Å². The molecule has 0 fully saturated rings. The lowest BCUT2D eigenvalue weighted by atomic mass is 10.0. The van der Waals surface area contributed by atoms with Crippen LogP contribution in [0.25, 0.3) is 22.0 Å². The van der Waals surface area contributed by atoms with Crippen molar-refractivity contribution in [2.24, 2.45) is 12.8 Å². The van der Waals surface area contributed by atoms with Crippen molar-refractivity contribution in [2.45, 2.75) is 6.54 Å². The maximum absolute atomic E-state index is 14.2. The van der Waals surface area contributed by atoms with Gasteiger partial charge in [-0.25, -0.2) is 13.8 Å². The van der Waals surface area contributed by atoms with Gasteiger partial charge in [-0.3, -0.25) is 0 Å². The van der Waals surface area contributed by atoms with Crippen molar-refractivity contribution in [1.82, 2.24) is 9.55 Å². The van der Waals surface area contributed by atoms with Crippen LogP contribution in [0.3, 0.4) is 0 Å². The molecule has 2 aromatic carbocycles. The molecule has 0 saturated heterocycles. The topological polar surface area (TPSA) is 62.3 Å². The maximum Gasteiger partial charge on any atom is 0.238 e. The minimum Gasteiger partial charge on any atom is -0.479 e. The minimum absolute atomic E-state index is 0.0624. The highest BCUT2D eigenvalue weighted by atomic mass is 19.1. The Morgan fingerprint density at radius 2 is 1.83 bits per heavy atom. The highest BCUT2D eigenvalue weighted by Crippen LogP contribution is 2.40. The van der Waals surface area contributed by atoms with E-state index in [1.807, 2.05) is 36.0 Å². The second-order valence-electron chi connectivity index (χ2n) is 6.58. The van der Waals surface area contributed by atoms with Crippen LogP contribution in [0.5, 0.6) is 17.4 Å². The lowest BCUT2D eigenvalue weighted by Crippen LogP contribution is -1.98. The highest BCUT2D eigenvalue weighted by molar-refractivity contribution is 5.99. The van der Waals surface area contributed by atoms with E-state index in [-0.39, 0.29) is 5.75 Å². The third-order valence-corrected chi connectivity index (χ3v) is 4.73. The van der Waals surface area contributed by atoms with E-state index in [0.29, 0.717) is 18.2 Å². The summed E-state index contributed by atoms with van der Waals surface area (Å²) in [4.78, 5) is 4.26. The normalized spacial score (nSPS) is 11.1. The Kier molecular flexibility index (Phi) is 4.90. The van der Waals surface area contributed by atoms with Gasteiger partial charge in [-0.15, -0.1) is 0 Å². The molecule has 0 aliphatic carbocycles. The molecule has 0 saturated carbocycles. The van der Waals surface area contributed by atoms with E-state index in [1.165, 1.54) is 6.07 Å². The smallest absolute Gasteiger partial charge is 0.238 e. The highest BCUT2D eigenvalue weighted by Gasteiger charge is 2.18. The molecule has 4 rings (SSSR count). The van der Waals surface area contributed by atoms with Crippen LogP contribution in [0.2, 0.25) is 0 Å². The minimum atomic E-state index is -0.775. The van der Waals surface area contributed by atoms with E-state index >= 15 is 0 Å². The fraction of sp³-hybridized carbons (Fsp3) is 0.136. The summed E-state index contributed by atoms with van der Waals surface area (Å²) in [6.45, 7) is 0.341. The second-order valence-corrected chi connectivity index (χ2v) is 6.58. The van der Waals surface area contributed by atoms with Crippen LogP contribution < -0.4 is 15.2 Å². The Balaban J connectivity index is 1.90. The third-order valence-electron chi connectivity index (χ3n) is 4.73. The Labute approximate surface area is 166 Å². The molecule has 0 bridgehead atoms. The van der Waals surface area contributed by atoms with Crippen LogP contribution in [0, 0.1) is 11.6 Å². The first-order valence-corrected chi connectivity index (χ1v) is 8.96. The lowest BCUT2D eigenvalue weighted by molar-refractivity contribution is 0.401. The largest absolute Gasteiger partial charge is 0.479 e. The molecule has 5 nitrogen and oxygen atoms in total. The van der Waals surface area contributed by atoms with E-state index in [9.17, 15) is 8.78 Å². The predicted octanol–water partition coefficient (Wildman–Crippen LogP) is 4.78. The molecule has 0 aliphatic rings. The molecule has 0 radical (unpaired) electrons.